The van der Waals surface area contributed by atoms with E-state index in [-0.39, 0.29) is 35.0 Å². The van der Waals surface area contributed by atoms with Crippen LogP contribution >= 0.6 is 11.3 Å². The number of carboxylic acid groups (broad SMARTS) is 1. The zero-order valence-corrected chi connectivity index (χ0v) is 19.6. The van der Waals surface area contributed by atoms with Crippen molar-refractivity contribution in [2.75, 3.05) is 18.5 Å². The molecule has 34 heavy (non-hydrogen) atoms. The number of nitrogens with zero attached hydrogens (tertiary/aromatic N) is 1. The number of carbonyl (C=O) groups is 3. The van der Waals surface area contributed by atoms with Crippen molar-refractivity contribution in [2.45, 2.75) is 19.8 Å². The molecule has 1 aliphatic rings. The molecule has 0 fully saturated rings. The van der Waals surface area contributed by atoms with Gasteiger partial charge in [-0.2, -0.15) is 0 Å². The van der Waals surface area contributed by atoms with Gasteiger partial charge in [0.1, 0.15) is 11.5 Å². The molecule has 9 heteroatoms. The summed E-state index contributed by atoms with van der Waals surface area (Å²) in [4.78, 5) is 40.4. The van der Waals surface area contributed by atoms with Crippen LogP contribution in [0.3, 0.4) is 0 Å². The Hall–Kier alpha value is -3.72. The van der Waals surface area contributed by atoms with Gasteiger partial charge in [-0.05, 0) is 28.2 Å². The Morgan fingerprint density at radius 1 is 1.06 bits per heavy atom. The van der Waals surface area contributed by atoms with Crippen molar-refractivity contribution in [3.8, 4) is 11.1 Å². The normalized spacial score (nSPS) is 13.1. The van der Waals surface area contributed by atoms with Crippen LogP contribution in [0.1, 0.15) is 40.6 Å². The van der Waals surface area contributed by atoms with E-state index in [0.717, 1.165) is 33.6 Å². The third-order valence-electron chi connectivity index (χ3n) is 5.89. The molecule has 0 saturated heterocycles. The average molecular weight is 480 g/mol. The molecule has 0 saturated carbocycles. The van der Waals surface area contributed by atoms with E-state index in [4.69, 9.17) is 4.74 Å². The topological polar surface area (TPSA) is 118 Å². The molecular weight excluding hydrogens is 454 g/mol. The molecule has 0 bridgehead atoms. The van der Waals surface area contributed by atoms with Crippen LogP contribution in [0.5, 0.6) is 0 Å². The van der Waals surface area contributed by atoms with Crippen molar-refractivity contribution in [2.24, 2.45) is 11.8 Å². The van der Waals surface area contributed by atoms with Gasteiger partial charge in [0.2, 0.25) is 0 Å². The van der Waals surface area contributed by atoms with Crippen LogP contribution in [-0.4, -0.2) is 41.2 Å². The van der Waals surface area contributed by atoms with Crippen molar-refractivity contribution >= 4 is 34.4 Å². The lowest BCUT2D eigenvalue weighted by Gasteiger charge is -2.16. The molecule has 1 unspecified atom stereocenters. The lowest BCUT2D eigenvalue weighted by molar-refractivity contribution is -0.142. The van der Waals surface area contributed by atoms with Gasteiger partial charge < -0.3 is 15.2 Å². The minimum atomic E-state index is -0.961. The number of nitrogens with one attached hydrogen (secondary N) is 2. The van der Waals surface area contributed by atoms with Gasteiger partial charge in [0.15, 0.2) is 5.13 Å². The molecule has 0 radical (unpaired) electrons. The Kier molecular flexibility index (Phi) is 6.93. The molecular formula is C25H25N3O5S. The zero-order chi connectivity index (χ0) is 24.2. The molecule has 4 rings (SSSR count). The highest BCUT2D eigenvalue weighted by molar-refractivity contribution is 7.17. The smallest absolute Gasteiger partial charge is 0.413 e. The maximum atomic E-state index is 12.4. The SMILES string of the molecule is CC(C)C(CNC(=O)c1cnc(NC(=O)OCC2c3ccccc3-c3ccccc32)s1)C(=O)O. The van der Waals surface area contributed by atoms with E-state index in [1.54, 1.807) is 13.8 Å². The van der Waals surface area contributed by atoms with E-state index in [1.807, 2.05) is 36.4 Å². The Balaban J connectivity index is 1.33. The predicted octanol–water partition coefficient (Wildman–Crippen LogP) is 4.59. The fourth-order valence-electron chi connectivity index (χ4n) is 4.06. The van der Waals surface area contributed by atoms with E-state index < -0.39 is 23.9 Å². The summed E-state index contributed by atoms with van der Waals surface area (Å²) in [6, 6.07) is 16.1. The van der Waals surface area contributed by atoms with Crippen LogP contribution in [0, 0.1) is 11.8 Å². The summed E-state index contributed by atoms with van der Waals surface area (Å²) < 4.78 is 5.50. The number of carboxylic acids is 1. The third kappa shape index (κ3) is 4.94. The van der Waals surface area contributed by atoms with E-state index >= 15 is 0 Å². The first-order valence-corrected chi connectivity index (χ1v) is 11.8. The number of ether oxygens (including phenoxy) is 1. The van der Waals surface area contributed by atoms with Crippen LogP contribution in [0.15, 0.2) is 54.7 Å². The van der Waals surface area contributed by atoms with Gasteiger partial charge in [-0.3, -0.25) is 14.9 Å². The molecule has 1 aromatic heterocycles. The number of hydrogen-bond donors (Lipinski definition) is 3. The minimum Gasteiger partial charge on any atom is -0.481 e. The van der Waals surface area contributed by atoms with E-state index in [9.17, 15) is 19.5 Å². The molecule has 0 spiro atoms. The molecule has 176 valence electrons. The molecule has 3 aromatic rings. The van der Waals surface area contributed by atoms with Gasteiger partial charge in [0.25, 0.3) is 5.91 Å². The summed E-state index contributed by atoms with van der Waals surface area (Å²) in [5.41, 5.74) is 4.52. The Morgan fingerprint density at radius 3 is 2.26 bits per heavy atom. The number of benzene rings is 2. The van der Waals surface area contributed by atoms with E-state index in [0.29, 0.717) is 0 Å². The van der Waals surface area contributed by atoms with Crippen LogP contribution in [-0.2, 0) is 9.53 Å². The van der Waals surface area contributed by atoms with Gasteiger partial charge in [-0.25, -0.2) is 9.78 Å². The first-order chi connectivity index (χ1) is 16.3. The molecule has 0 aliphatic heterocycles. The number of amides is 2. The first kappa shape index (κ1) is 23.4. The predicted molar refractivity (Wildman–Crippen MR) is 129 cm³/mol. The van der Waals surface area contributed by atoms with Crippen LogP contribution in [0.2, 0.25) is 0 Å². The Bertz CT molecular complexity index is 1180. The van der Waals surface area contributed by atoms with Crippen LogP contribution < -0.4 is 10.6 Å². The lowest BCUT2D eigenvalue weighted by Crippen LogP contribution is -2.35. The number of carbonyl (C=O) groups excluding carboxylic acids is 2. The second kappa shape index (κ2) is 10.0. The largest absolute Gasteiger partial charge is 0.481 e. The van der Waals surface area contributed by atoms with Crippen LogP contribution in [0.25, 0.3) is 11.1 Å². The van der Waals surface area contributed by atoms with Gasteiger partial charge in [-0.1, -0.05) is 73.7 Å². The Morgan fingerprint density at radius 2 is 1.68 bits per heavy atom. The van der Waals surface area contributed by atoms with Gasteiger partial charge in [-0.15, -0.1) is 0 Å². The summed E-state index contributed by atoms with van der Waals surface area (Å²) in [6.45, 7) is 3.76. The molecule has 1 heterocycles. The summed E-state index contributed by atoms with van der Waals surface area (Å²) in [6.07, 6.45) is 0.679. The highest BCUT2D eigenvalue weighted by atomic mass is 32.1. The maximum absolute atomic E-state index is 12.4. The van der Waals surface area contributed by atoms with Crippen molar-refractivity contribution in [3.63, 3.8) is 0 Å². The molecule has 2 aromatic carbocycles. The molecule has 1 aliphatic carbocycles. The summed E-state index contributed by atoms with van der Waals surface area (Å²) >= 11 is 0.990. The Labute approximate surface area is 201 Å². The maximum Gasteiger partial charge on any atom is 0.413 e. The van der Waals surface area contributed by atoms with E-state index in [1.165, 1.54) is 6.20 Å². The number of hydrogen-bond acceptors (Lipinski definition) is 6. The minimum absolute atomic E-state index is 0.0128. The lowest BCUT2D eigenvalue weighted by atomic mass is 9.96. The van der Waals surface area contributed by atoms with Crippen molar-refractivity contribution in [3.05, 3.63) is 70.7 Å². The fourth-order valence-corrected chi connectivity index (χ4v) is 4.77. The van der Waals surface area contributed by atoms with Gasteiger partial charge >= 0.3 is 12.1 Å². The monoisotopic (exact) mass is 479 g/mol. The standard InChI is InChI=1S/C25H25N3O5S/c1-14(2)19(23(30)31)11-26-22(29)21-12-27-24(34-21)28-25(32)33-13-20-17-9-5-3-7-15(17)16-8-4-6-10-18(16)20/h3-10,12,14,19-20H,11,13H2,1-2H3,(H,26,29)(H,30,31)(H,27,28,32). The van der Waals surface area contributed by atoms with Crippen molar-refractivity contribution < 1.29 is 24.2 Å². The number of rotatable bonds is 8. The van der Waals surface area contributed by atoms with Crippen molar-refractivity contribution in [1.29, 1.82) is 0 Å². The summed E-state index contributed by atoms with van der Waals surface area (Å²) in [5, 5.41) is 14.6. The number of thiazole rings is 1. The quantitative estimate of drug-likeness (QED) is 0.435. The number of aliphatic carboxylic acids is 1. The molecule has 3 N–H and O–H groups in total. The average Bonchev–Trinajstić information content (AvgIpc) is 3.40. The molecule has 2 amide bonds. The van der Waals surface area contributed by atoms with E-state index in [2.05, 4.69) is 27.8 Å². The molecule has 1 atom stereocenters. The van der Waals surface area contributed by atoms with Crippen molar-refractivity contribution in [1.82, 2.24) is 10.3 Å². The number of aromatic nitrogens is 1. The fraction of sp³-hybridized carbons (Fsp3) is 0.280. The highest BCUT2D eigenvalue weighted by Crippen LogP contribution is 2.44. The second-order valence-electron chi connectivity index (χ2n) is 8.38. The van der Waals surface area contributed by atoms with Gasteiger partial charge in [0.05, 0.1) is 12.1 Å². The van der Waals surface area contributed by atoms with Crippen LogP contribution in [0.4, 0.5) is 9.93 Å². The number of anilines is 1. The third-order valence-corrected chi connectivity index (χ3v) is 6.80. The first-order valence-electron chi connectivity index (χ1n) is 10.9. The molecule has 8 nitrogen and oxygen atoms in total. The zero-order valence-electron chi connectivity index (χ0n) is 18.8. The number of fused-ring (bicyclic) bond motifs is 3. The second-order valence-corrected chi connectivity index (χ2v) is 9.41. The summed E-state index contributed by atoms with van der Waals surface area (Å²) in [5.74, 6) is -2.26. The summed E-state index contributed by atoms with van der Waals surface area (Å²) in [7, 11) is 0. The highest BCUT2D eigenvalue weighted by Gasteiger charge is 2.29. The van der Waals surface area contributed by atoms with Gasteiger partial charge in [0, 0.05) is 12.5 Å².